The van der Waals surface area contributed by atoms with Crippen LogP contribution >= 0.6 is 0 Å². The lowest BCUT2D eigenvalue weighted by atomic mass is 9.86. The molecule has 1 aliphatic carbocycles. The zero-order valence-electron chi connectivity index (χ0n) is 11.2. The summed E-state index contributed by atoms with van der Waals surface area (Å²) in [6.07, 6.45) is 7.35. The van der Waals surface area contributed by atoms with Crippen molar-refractivity contribution in [2.45, 2.75) is 58.4 Å². The summed E-state index contributed by atoms with van der Waals surface area (Å²) < 4.78 is 0. The summed E-state index contributed by atoms with van der Waals surface area (Å²) in [5.74, 6) is 1.43. The van der Waals surface area contributed by atoms with Gasteiger partial charge in [-0.2, -0.15) is 0 Å². The molecule has 0 radical (unpaired) electrons. The van der Waals surface area contributed by atoms with Gasteiger partial charge >= 0.3 is 6.03 Å². The largest absolute Gasteiger partial charge is 0.335 e. The van der Waals surface area contributed by atoms with Gasteiger partial charge in [-0.3, -0.25) is 0 Å². The normalized spacial score (nSPS) is 31.3. The van der Waals surface area contributed by atoms with Crippen molar-refractivity contribution in [3.63, 3.8) is 0 Å². The molecule has 2 aliphatic rings. The first-order valence-corrected chi connectivity index (χ1v) is 7.22. The van der Waals surface area contributed by atoms with Crippen LogP contribution < -0.4 is 5.32 Å². The minimum absolute atomic E-state index is 0.177. The summed E-state index contributed by atoms with van der Waals surface area (Å²) in [7, 11) is 0. The van der Waals surface area contributed by atoms with E-state index in [0.717, 1.165) is 38.3 Å². The molecule has 1 N–H and O–H groups in total. The van der Waals surface area contributed by atoms with Crippen molar-refractivity contribution in [3.05, 3.63) is 0 Å². The molecule has 0 bridgehead atoms. The van der Waals surface area contributed by atoms with Crippen LogP contribution in [0.3, 0.4) is 0 Å². The number of likely N-dealkylation sites (tertiary alicyclic amines) is 1. The number of amides is 2. The van der Waals surface area contributed by atoms with Crippen molar-refractivity contribution >= 4 is 6.03 Å². The molecule has 2 atom stereocenters. The predicted molar refractivity (Wildman–Crippen MR) is 69.9 cm³/mol. The van der Waals surface area contributed by atoms with E-state index in [1.807, 2.05) is 4.90 Å². The van der Waals surface area contributed by atoms with E-state index in [4.69, 9.17) is 0 Å². The Morgan fingerprint density at radius 3 is 2.35 bits per heavy atom. The molecule has 0 aromatic carbocycles. The van der Waals surface area contributed by atoms with E-state index in [1.54, 1.807) is 0 Å². The first kappa shape index (κ1) is 12.7. The second-order valence-corrected chi connectivity index (χ2v) is 5.99. The SMILES string of the molecule is CC1CCN(C(=O)NC2CCCCC2C)CC1. The first-order valence-electron chi connectivity index (χ1n) is 7.22. The van der Waals surface area contributed by atoms with E-state index >= 15 is 0 Å². The molecule has 1 heterocycles. The fraction of sp³-hybridized carbons (Fsp3) is 0.929. The predicted octanol–water partition coefficient (Wildman–Crippen LogP) is 3.01. The van der Waals surface area contributed by atoms with Gasteiger partial charge in [0.05, 0.1) is 0 Å². The van der Waals surface area contributed by atoms with Crippen LogP contribution in [0, 0.1) is 11.8 Å². The summed E-state index contributed by atoms with van der Waals surface area (Å²) in [5, 5.41) is 3.24. The number of rotatable bonds is 1. The molecule has 0 aromatic heterocycles. The average Bonchev–Trinajstić information content (AvgIpc) is 2.33. The number of hydrogen-bond acceptors (Lipinski definition) is 1. The van der Waals surface area contributed by atoms with Crippen molar-refractivity contribution in [1.82, 2.24) is 10.2 Å². The molecule has 1 saturated heterocycles. The van der Waals surface area contributed by atoms with Crippen molar-refractivity contribution in [1.29, 1.82) is 0 Å². The Kier molecular flexibility index (Phi) is 4.30. The van der Waals surface area contributed by atoms with Gasteiger partial charge < -0.3 is 10.2 Å². The third-order valence-corrected chi connectivity index (χ3v) is 4.49. The van der Waals surface area contributed by atoms with Gasteiger partial charge in [-0.25, -0.2) is 4.79 Å². The number of carbonyl (C=O) groups excluding carboxylic acids is 1. The van der Waals surface area contributed by atoms with E-state index < -0.39 is 0 Å². The van der Waals surface area contributed by atoms with Gasteiger partial charge in [-0.05, 0) is 37.5 Å². The number of carbonyl (C=O) groups is 1. The Hall–Kier alpha value is -0.730. The van der Waals surface area contributed by atoms with Gasteiger partial charge in [0.15, 0.2) is 0 Å². The highest BCUT2D eigenvalue weighted by molar-refractivity contribution is 5.74. The molecule has 3 heteroatoms. The van der Waals surface area contributed by atoms with E-state index in [9.17, 15) is 4.79 Å². The molecule has 2 fully saturated rings. The zero-order valence-corrected chi connectivity index (χ0v) is 11.2. The fourth-order valence-electron chi connectivity index (χ4n) is 2.99. The summed E-state index contributed by atoms with van der Waals surface area (Å²) in [6, 6.07) is 0.589. The van der Waals surface area contributed by atoms with E-state index in [-0.39, 0.29) is 6.03 Å². The van der Waals surface area contributed by atoms with Gasteiger partial charge in [-0.15, -0.1) is 0 Å². The molecular weight excluding hydrogens is 212 g/mol. The average molecular weight is 238 g/mol. The molecule has 98 valence electrons. The van der Waals surface area contributed by atoms with Crippen LogP contribution in [0.2, 0.25) is 0 Å². The Labute approximate surface area is 105 Å². The second-order valence-electron chi connectivity index (χ2n) is 5.99. The monoisotopic (exact) mass is 238 g/mol. The van der Waals surface area contributed by atoms with Gasteiger partial charge in [0.2, 0.25) is 0 Å². The van der Waals surface area contributed by atoms with Crippen LogP contribution in [-0.4, -0.2) is 30.1 Å². The summed E-state index contributed by atoms with van der Waals surface area (Å²) in [6.45, 7) is 6.42. The van der Waals surface area contributed by atoms with Crippen LogP contribution in [0.5, 0.6) is 0 Å². The van der Waals surface area contributed by atoms with Gasteiger partial charge in [0.25, 0.3) is 0 Å². The number of piperidine rings is 1. The molecule has 1 aliphatic heterocycles. The van der Waals surface area contributed by atoms with Gasteiger partial charge in [0.1, 0.15) is 0 Å². The number of hydrogen-bond donors (Lipinski definition) is 1. The fourth-order valence-corrected chi connectivity index (χ4v) is 2.99. The van der Waals surface area contributed by atoms with E-state index in [2.05, 4.69) is 19.2 Å². The maximum absolute atomic E-state index is 12.1. The molecule has 2 unspecified atom stereocenters. The molecule has 3 nitrogen and oxygen atoms in total. The first-order chi connectivity index (χ1) is 8.16. The van der Waals surface area contributed by atoms with Crippen molar-refractivity contribution in [2.75, 3.05) is 13.1 Å². The molecule has 17 heavy (non-hydrogen) atoms. The lowest BCUT2D eigenvalue weighted by Crippen LogP contribution is -2.50. The Morgan fingerprint density at radius 2 is 1.71 bits per heavy atom. The number of nitrogens with one attached hydrogen (secondary N) is 1. The molecule has 0 aromatic rings. The molecule has 2 amide bonds. The highest BCUT2D eigenvalue weighted by atomic mass is 16.2. The summed E-state index contributed by atoms with van der Waals surface area (Å²) >= 11 is 0. The third kappa shape index (κ3) is 3.36. The van der Waals surface area contributed by atoms with Crippen LogP contribution in [0.15, 0.2) is 0 Å². The van der Waals surface area contributed by atoms with Gasteiger partial charge in [0, 0.05) is 19.1 Å². The topological polar surface area (TPSA) is 32.3 Å². The van der Waals surface area contributed by atoms with Crippen molar-refractivity contribution in [3.8, 4) is 0 Å². The van der Waals surface area contributed by atoms with Crippen LogP contribution in [0.25, 0.3) is 0 Å². The quantitative estimate of drug-likeness (QED) is 0.748. The van der Waals surface area contributed by atoms with Crippen LogP contribution in [0.1, 0.15) is 52.4 Å². The molecule has 1 saturated carbocycles. The molecule has 2 rings (SSSR count). The van der Waals surface area contributed by atoms with Crippen molar-refractivity contribution in [2.24, 2.45) is 11.8 Å². The number of urea groups is 1. The minimum Gasteiger partial charge on any atom is -0.335 e. The van der Waals surface area contributed by atoms with Crippen LogP contribution in [-0.2, 0) is 0 Å². The Morgan fingerprint density at radius 1 is 1.06 bits per heavy atom. The highest BCUT2D eigenvalue weighted by Crippen LogP contribution is 2.24. The molecular formula is C14H26N2O. The highest BCUT2D eigenvalue weighted by Gasteiger charge is 2.26. The van der Waals surface area contributed by atoms with Crippen LogP contribution in [0.4, 0.5) is 4.79 Å². The van der Waals surface area contributed by atoms with E-state index in [1.165, 1.54) is 19.3 Å². The maximum atomic E-state index is 12.1. The lowest BCUT2D eigenvalue weighted by molar-refractivity contribution is 0.162. The zero-order chi connectivity index (χ0) is 12.3. The standard InChI is InChI=1S/C14H26N2O/c1-11-7-9-16(10-8-11)14(17)15-13-6-4-3-5-12(13)2/h11-13H,3-10H2,1-2H3,(H,15,17). The van der Waals surface area contributed by atoms with E-state index in [0.29, 0.717) is 12.0 Å². The smallest absolute Gasteiger partial charge is 0.317 e. The Balaban J connectivity index is 1.79. The Bertz CT molecular complexity index is 259. The summed E-state index contributed by atoms with van der Waals surface area (Å²) in [5.41, 5.74) is 0. The third-order valence-electron chi connectivity index (χ3n) is 4.49. The second kappa shape index (κ2) is 5.74. The maximum Gasteiger partial charge on any atom is 0.317 e. The molecule has 0 spiro atoms. The van der Waals surface area contributed by atoms with Crippen molar-refractivity contribution < 1.29 is 4.79 Å². The summed E-state index contributed by atoms with van der Waals surface area (Å²) in [4.78, 5) is 14.1. The van der Waals surface area contributed by atoms with Gasteiger partial charge in [-0.1, -0.05) is 26.7 Å². The lowest BCUT2D eigenvalue weighted by Gasteiger charge is -2.35. The number of nitrogens with zero attached hydrogens (tertiary/aromatic N) is 1. The minimum atomic E-state index is 0.177.